The molecule has 1 fully saturated rings. The fraction of sp³-hybridized carbons (Fsp3) is 0.389. The maximum Gasteiger partial charge on any atom is 0.229 e. The molecule has 2 aromatic rings. The third-order valence-corrected chi connectivity index (χ3v) is 4.66. The lowest BCUT2D eigenvalue weighted by Gasteiger charge is -2.35. The van der Waals surface area contributed by atoms with Crippen LogP contribution in [0.15, 0.2) is 36.7 Å². The lowest BCUT2D eigenvalue weighted by Crippen LogP contribution is -2.39. The first-order valence-corrected chi connectivity index (χ1v) is 8.31. The molecule has 1 N–H and O–H groups in total. The van der Waals surface area contributed by atoms with Gasteiger partial charge in [-0.2, -0.15) is 0 Å². The Hall–Kier alpha value is -2.41. The molecule has 0 spiro atoms. The number of carbonyl (C=O) groups excluding carboxylic acids is 1. The number of carbonyl (C=O) groups is 1. The molecule has 1 aliphatic rings. The summed E-state index contributed by atoms with van der Waals surface area (Å²) in [5, 5.41) is 2.72. The maximum absolute atomic E-state index is 14.0. The number of anilines is 1. The number of nitrogens with one attached hydrogen (secondary N) is 1. The number of amides is 1. The van der Waals surface area contributed by atoms with Gasteiger partial charge in [0.1, 0.15) is 11.6 Å². The Balaban J connectivity index is 1.57. The summed E-state index contributed by atoms with van der Waals surface area (Å²) in [4.78, 5) is 22.4. The quantitative estimate of drug-likeness (QED) is 0.924. The zero-order valence-corrected chi connectivity index (χ0v) is 14.0. The molecule has 2 heterocycles. The van der Waals surface area contributed by atoms with Crippen LogP contribution in [0.2, 0.25) is 0 Å². The highest BCUT2D eigenvalue weighted by Gasteiger charge is 2.29. The van der Waals surface area contributed by atoms with Gasteiger partial charge in [-0.05, 0) is 45.0 Å². The Kier molecular flexibility index (Phi) is 5.33. The molecule has 1 aromatic carbocycles. The summed E-state index contributed by atoms with van der Waals surface area (Å²) in [6.07, 6.45) is 4.49. The van der Waals surface area contributed by atoms with Gasteiger partial charge >= 0.3 is 0 Å². The number of piperidine rings is 1. The largest absolute Gasteiger partial charge is 0.296 e. The molecule has 7 heteroatoms. The van der Waals surface area contributed by atoms with Crippen molar-refractivity contribution < 1.29 is 13.6 Å². The van der Waals surface area contributed by atoms with E-state index in [4.69, 9.17) is 0 Å². The summed E-state index contributed by atoms with van der Waals surface area (Å²) in [5.74, 6) is -1.02. The number of halogens is 2. The minimum Gasteiger partial charge on any atom is -0.296 e. The Bertz CT molecular complexity index is 733. The van der Waals surface area contributed by atoms with Gasteiger partial charge in [-0.25, -0.2) is 18.7 Å². The Labute approximate surface area is 145 Å². The van der Waals surface area contributed by atoms with Crippen LogP contribution in [-0.4, -0.2) is 33.9 Å². The van der Waals surface area contributed by atoms with E-state index >= 15 is 0 Å². The van der Waals surface area contributed by atoms with Crippen LogP contribution >= 0.6 is 0 Å². The van der Waals surface area contributed by atoms with E-state index in [9.17, 15) is 13.6 Å². The van der Waals surface area contributed by atoms with Crippen LogP contribution in [0.3, 0.4) is 0 Å². The molecule has 0 unspecified atom stereocenters. The van der Waals surface area contributed by atoms with Gasteiger partial charge in [-0.1, -0.05) is 6.07 Å². The van der Waals surface area contributed by atoms with E-state index in [2.05, 4.69) is 20.2 Å². The minimum absolute atomic E-state index is 0.0912. The predicted octanol–water partition coefficient (Wildman–Crippen LogP) is 3.17. The molecule has 1 saturated heterocycles. The highest BCUT2D eigenvalue weighted by Crippen LogP contribution is 2.28. The molecule has 132 valence electrons. The lowest BCUT2D eigenvalue weighted by molar-refractivity contribution is -0.121. The normalized spacial score (nSPS) is 17.2. The van der Waals surface area contributed by atoms with Crippen molar-refractivity contribution in [3.63, 3.8) is 0 Å². The van der Waals surface area contributed by atoms with Crippen molar-refractivity contribution in [3.05, 3.63) is 53.9 Å². The van der Waals surface area contributed by atoms with E-state index < -0.39 is 11.6 Å². The van der Waals surface area contributed by atoms with Crippen molar-refractivity contribution in [1.29, 1.82) is 0 Å². The third kappa shape index (κ3) is 4.17. The van der Waals surface area contributed by atoms with Crippen molar-refractivity contribution in [1.82, 2.24) is 14.9 Å². The van der Waals surface area contributed by atoms with E-state index in [1.54, 1.807) is 18.5 Å². The van der Waals surface area contributed by atoms with E-state index in [1.165, 1.54) is 12.1 Å². The van der Waals surface area contributed by atoms with Crippen molar-refractivity contribution in [3.8, 4) is 0 Å². The summed E-state index contributed by atoms with van der Waals surface area (Å²) in [6, 6.07) is 5.19. The van der Waals surface area contributed by atoms with Gasteiger partial charge in [0, 0.05) is 36.0 Å². The van der Waals surface area contributed by atoms with Gasteiger partial charge in [0.25, 0.3) is 0 Å². The molecule has 1 aromatic heterocycles. The van der Waals surface area contributed by atoms with Crippen molar-refractivity contribution in [2.24, 2.45) is 5.92 Å². The van der Waals surface area contributed by atoms with Gasteiger partial charge in [0.05, 0.1) is 0 Å². The Morgan fingerprint density at radius 3 is 2.56 bits per heavy atom. The molecule has 25 heavy (non-hydrogen) atoms. The topological polar surface area (TPSA) is 58.1 Å². The number of hydrogen-bond donors (Lipinski definition) is 1. The number of nitrogens with zero attached hydrogens (tertiary/aromatic N) is 3. The molecule has 1 atom stereocenters. The zero-order chi connectivity index (χ0) is 17.8. The van der Waals surface area contributed by atoms with Crippen LogP contribution in [0.4, 0.5) is 14.7 Å². The fourth-order valence-corrected chi connectivity index (χ4v) is 3.16. The monoisotopic (exact) mass is 346 g/mol. The lowest BCUT2D eigenvalue weighted by atomic mass is 9.93. The van der Waals surface area contributed by atoms with Crippen LogP contribution in [0.25, 0.3) is 0 Å². The van der Waals surface area contributed by atoms with Crippen LogP contribution in [0.1, 0.15) is 31.4 Å². The number of benzene rings is 1. The van der Waals surface area contributed by atoms with Gasteiger partial charge < -0.3 is 0 Å². The van der Waals surface area contributed by atoms with Gasteiger partial charge in [0.15, 0.2) is 0 Å². The molecular weight excluding hydrogens is 326 g/mol. The van der Waals surface area contributed by atoms with Crippen molar-refractivity contribution in [2.75, 3.05) is 18.4 Å². The summed E-state index contributed by atoms with van der Waals surface area (Å²) >= 11 is 0. The van der Waals surface area contributed by atoms with Gasteiger partial charge in [-0.15, -0.1) is 0 Å². The van der Waals surface area contributed by atoms with E-state index in [0.717, 1.165) is 6.07 Å². The molecule has 0 aliphatic carbocycles. The molecule has 0 radical (unpaired) electrons. The molecular formula is C18H20F2N4O. The SMILES string of the molecule is C[C@@H](c1ccc(F)cc1F)N1CCC(C(=O)Nc2ncccn2)CC1. The van der Waals surface area contributed by atoms with E-state index in [1.807, 2.05) is 6.92 Å². The minimum atomic E-state index is -0.577. The van der Waals surface area contributed by atoms with Gasteiger partial charge in [-0.3, -0.25) is 15.0 Å². The van der Waals surface area contributed by atoms with Crippen LogP contribution in [0.5, 0.6) is 0 Å². The molecule has 1 amide bonds. The average Bonchev–Trinajstić information content (AvgIpc) is 2.62. The third-order valence-electron chi connectivity index (χ3n) is 4.66. The number of hydrogen-bond acceptors (Lipinski definition) is 4. The standard InChI is InChI=1S/C18H20F2N4O/c1-12(15-4-3-14(19)11-16(15)20)24-9-5-13(6-10-24)17(25)23-18-21-7-2-8-22-18/h2-4,7-8,11-13H,5-6,9-10H2,1H3,(H,21,22,23,25)/t12-/m0/s1. The summed E-state index contributed by atoms with van der Waals surface area (Å²) in [6.45, 7) is 3.24. The smallest absolute Gasteiger partial charge is 0.229 e. The van der Waals surface area contributed by atoms with E-state index in [-0.39, 0.29) is 17.9 Å². The molecule has 5 nitrogen and oxygen atoms in total. The second-order valence-corrected chi connectivity index (χ2v) is 6.21. The average molecular weight is 346 g/mol. The highest BCUT2D eigenvalue weighted by molar-refractivity contribution is 5.90. The van der Waals surface area contributed by atoms with Crippen LogP contribution in [-0.2, 0) is 4.79 Å². The summed E-state index contributed by atoms with van der Waals surface area (Å²) < 4.78 is 27.0. The maximum atomic E-state index is 14.0. The first kappa shape index (κ1) is 17.4. The number of rotatable bonds is 4. The zero-order valence-electron chi connectivity index (χ0n) is 14.0. The van der Waals surface area contributed by atoms with Crippen LogP contribution < -0.4 is 5.32 Å². The molecule has 0 bridgehead atoms. The van der Waals surface area contributed by atoms with Crippen molar-refractivity contribution >= 4 is 11.9 Å². The molecule has 3 rings (SSSR count). The first-order valence-electron chi connectivity index (χ1n) is 8.31. The number of likely N-dealkylation sites (tertiary alicyclic amines) is 1. The predicted molar refractivity (Wildman–Crippen MR) is 89.7 cm³/mol. The van der Waals surface area contributed by atoms with Crippen molar-refractivity contribution in [2.45, 2.75) is 25.8 Å². The highest BCUT2D eigenvalue weighted by atomic mass is 19.1. The van der Waals surface area contributed by atoms with Crippen LogP contribution in [0, 0.1) is 17.6 Å². The van der Waals surface area contributed by atoms with Gasteiger partial charge in [0.2, 0.25) is 11.9 Å². The Morgan fingerprint density at radius 1 is 1.24 bits per heavy atom. The fourth-order valence-electron chi connectivity index (χ4n) is 3.16. The second-order valence-electron chi connectivity index (χ2n) is 6.21. The summed E-state index contributed by atoms with van der Waals surface area (Å²) in [5.41, 5.74) is 0.474. The summed E-state index contributed by atoms with van der Waals surface area (Å²) in [7, 11) is 0. The van der Waals surface area contributed by atoms with E-state index in [0.29, 0.717) is 37.4 Å². The molecule has 1 aliphatic heterocycles. The number of aromatic nitrogens is 2. The second kappa shape index (κ2) is 7.65. The Morgan fingerprint density at radius 2 is 1.92 bits per heavy atom. The molecule has 0 saturated carbocycles. The first-order chi connectivity index (χ1) is 12.0.